The molecule has 0 heterocycles. The van der Waals surface area contributed by atoms with Crippen molar-refractivity contribution in [1.82, 2.24) is 4.90 Å². The predicted octanol–water partition coefficient (Wildman–Crippen LogP) is 41.5. The molecule has 0 aliphatic carbocycles. The van der Waals surface area contributed by atoms with Gasteiger partial charge in [0.05, 0.1) is 16.2 Å². The first-order chi connectivity index (χ1) is 60.5. The van der Waals surface area contributed by atoms with E-state index in [0.717, 1.165) is 67.2 Å². The van der Waals surface area contributed by atoms with E-state index in [1.54, 1.807) is 49.3 Å². The number of amides is 1. The van der Waals surface area contributed by atoms with Gasteiger partial charge in [-0.2, -0.15) is 0 Å². The molecule has 3 N–H and O–H groups in total. The van der Waals surface area contributed by atoms with Gasteiger partial charge < -0.3 is 34.4 Å². The Kier molecular flexibility index (Phi) is 91.0. The molecular weight excluding hydrogens is 1750 g/mol. The van der Waals surface area contributed by atoms with Gasteiger partial charge in [-0.1, -0.05) is 434 Å². The SMILES string of the molecule is C.C.C.C.C.C.C.C.C.C.C.C.CCC(C)(C)C(=O)N(C)C.CCC(C)(C)C(=O)OC(C)c1c(C)cc(C)cc1C.CCC(C)(C)C(=O)OC(C)c1ccc(C)cc1.CCC(C)(C)C(=O)OC(c1ccc(C)cc1)C(C)C.CCC(C)(C)c1ccc(C)cc1.CCC(C)c1ccc(O)c(C)c1.CCC(C)c1ccc(O)cc1.CCC(C)c1ccc(O)cc1.CCCCCCCCc1ccc(C(C)(C)CC)cc1. The van der Waals surface area contributed by atoms with Gasteiger partial charge in [0.2, 0.25) is 5.91 Å². The smallest absolute Gasteiger partial charge is 0.312 e. The molecule has 0 fully saturated rings. The molecule has 0 aliphatic rings. The third-order valence-corrected chi connectivity index (χ3v) is 26.4. The van der Waals surface area contributed by atoms with Crippen LogP contribution in [0, 0.1) is 76.0 Å². The van der Waals surface area contributed by atoms with Gasteiger partial charge >= 0.3 is 17.9 Å². The normalized spacial score (nSPS) is 11.6. The lowest BCUT2D eigenvalue weighted by molar-refractivity contribution is -0.163. The summed E-state index contributed by atoms with van der Waals surface area (Å²) in [6.07, 6.45) is 18.1. The lowest BCUT2D eigenvalue weighted by Crippen LogP contribution is -2.35. The molecule has 0 saturated heterocycles. The molecule has 6 unspecified atom stereocenters. The number of benzene rings is 8. The number of rotatable bonds is 32. The number of phenols is 3. The molecule has 11 heteroatoms. The maximum Gasteiger partial charge on any atom is 0.312 e. The molecule has 822 valence electrons. The number of aromatic hydroxyl groups is 3. The summed E-state index contributed by atoms with van der Waals surface area (Å²) < 4.78 is 16.9. The predicted molar refractivity (Wildman–Crippen MR) is 638 cm³/mol. The number of carbonyl (C=O) groups excluding carboxylic acids is 4. The average Bonchev–Trinajstić information content (AvgIpc) is 0.816. The van der Waals surface area contributed by atoms with Crippen molar-refractivity contribution in [3.8, 4) is 17.2 Å². The summed E-state index contributed by atoms with van der Waals surface area (Å²) in [5, 5.41) is 27.3. The summed E-state index contributed by atoms with van der Waals surface area (Å²) in [5.41, 5.74) is 19.1. The Labute approximate surface area is 883 Å². The van der Waals surface area contributed by atoms with Gasteiger partial charge in [0.15, 0.2) is 0 Å². The summed E-state index contributed by atoms with van der Waals surface area (Å²) in [5.74, 6) is 2.95. The van der Waals surface area contributed by atoms with Crippen LogP contribution in [0.15, 0.2) is 176 Å². The van der Waals surface area contributed by atoms with Crippen LogP contribution in [0.1, 0.15) is 511 Å². The van der Waals surface area contributed by atoms with Gasteiger partial charge in [0.25, 0.3) is 0 Å². The van der Waals surface area contributed by atoms with Gasteiger partial charge in [-0.25, -0.2) is 0 Å². The highest BCUT2D eigenvalue weighted by Crippen LogP contribution is 2.36. The molecule has 6 atom stereocenters. The quantitative estimate of drug-likeness (QED) is 0.0210. The monoisotopic (exact) mass is 1980 g/mol. The summed E-state index contributed by atoms with van der Waals surface area (Å²) in [4.78, 5) is 49.3. The number of hydrogen-bond donors (Lipinski definition) is 3. The molecular formula is C131H233NO10. The fraction of sp³-hybridized carbons (Fsp3) is 0.603. The lowest BCUT2D eigenvalue weighted by Gasteiger charge is -2.27. The highest BCUT2D eigenvalue weighted by Gasteiger charge is 2.33. The van der Waals surface area contributed by atoms with E-state index in [4.69, 9.17) is 24.4 Å². The van der Waals surface area contributed by atoms with Crippen LogP contribution in [0.3, 0.4) is 0 Å². The zero-order valence-electron chi connectivity index (χ0n) is 89.2. The molecule has 0 aromatic heterocycles. The number of hydrogen-bond acceptors (Lipinski definition) is 10. The molecule has 0 aliphatic heterocycles. The topological polar surface area (TPSA) is 160 Å². The van der Waals surface area contributed by atoms with Crippen molar-refractivity contribution in [2.45, 2.75) is 488 Å². The van der Waals surface area contributed by atoms with E-state index in [1.807, 2.05) is 178 Å². The summed E-state index contributed by atoms with van der Waals surface area (Å²) in [7, 11) is 3.58. The molecule has 142 heavy (non-hydrogen) atoms. The maximum absolute atomic E-state index is 12.2. The van der Waals surface area contributed by atoms with Crippen LogP contribution in [0.4, 0.5) is 0 Å². The van der Waals surface area contributed by atoms with E-state index in [-0.39, 0.29) is 143 Å². The third-order valence-electron chi connectivity index (χ3n) is 26.4. The molecule has 11 nitrogen and oxygen atoms in total. The van der Waals surface area contributed by atoms with Crippen molar-refractivity contribution >= 4 is 23.8 Å². The van der Waals surface area contributed by atoms with Crippen LogP contribution in [0.5, 0.6) is 17.2 Å². The van der Waals surface area contributed by atoms with Gasteiger partial charge in [-0.3, -0.25) is 19.2 Å². The molecule has 0 radical (unpaired) electrons. The molecule has 0 bridgehead atoms. The Balaban J connectivity index is -0.000000120. The van der Waals surface area contributed by atoms with Gasteiger partial charge in [0.1, 0.15) is 35.6 Å². The van der Waals surface area contributed by atoms with Crippen molar-refractivity contribution < 1.29 is 48.7 Å². The van der Waals surface area contributed by atoms with Crippen molar-refractivity contribution in [3.05, 3.63) is 265 Å². The highest BCUT2D eigenvalue weighted by molar-refractivity contribution is 5.81. The fourth-order valence-electron chi connectivity index (χ4n) is 13.2. The molecule has 8 rings (SSSR count). The van der Waals surface area contributed by atoms with E-state index in [0.29, 0.717) is 45.8 Å². The number of esters is 3. The first-order valence-corrected chi connectivity index (χ1v) is 49.1. The molecule has 8 aromatic carbocycles. The van der Waals surface area contributed by atoms with Gasteiger partial charge in [-0.15, -0.1) is 0 Å². The van der Waals surface area contributed by atoms with E-state index in [1.165, 1.54) is 125 Å². The van der Waals surface area contributed by atoms with E-state index >= 15 is 0 Å². The number of nitrogens with zero attached hydrogens (tertiary/aromatic N) is 1. The number of unbranched alkanes of at least 4 members (excludes halogenated alkanes) is 5. The van der Waals surface area contributed by atoms with Crippen LogP contribution in [0.25, 0.3) is 0 Å². The zero-order valence-corrected chi connectivity index (χ0v) is 89.2. The first kappa shape index (κ1) is 161. The standard InChI is InChI=1S/C19H32.2C17H26O2.C15H22O2.C12H18.C11H16O.2C10H14O.C8H17NO.12CH4/c1-5-7-8-9-10-11-12-17-13-15-18(16-14-17)19(3,4)6-2;1-8-17(6,7)16(18)19-14(5)15-12(3)9-11(2)10-13(15)4;1-7-17(5,6)16(18)19-15(12(2)3)14-10-8-13(4)9-11-14;1-6-15(4,5)14(16)17-12(3)13-9-7-11(2)8-10-13;1-5-12(3,4)11-8-6-10(2)7-9-11;1-4-8(2)10-5-6-11(12)9(3)7-10;2*1-3-8(2)9-4-6-10(11)7-5-9;1-6-8(2,3)7(10)9(4)5;;;;;;;;;;;;/h13-16H,5-12H2,1-4H3;9-10,14H,8H2,1-7H3;8-12,15H,7H2,1-6H3;7-10,12H,6H2,1-5H3;6-9H,5H2,1-4H3;5-8,12H,4H2,1-3H3;2*4-8,11H,3H2,1-2H3;6H2,1-5H3;12*1H4. The van der Waals surface area contributed by atoms with Crippen LogP contribution >= 0.6 is 0 Å². The van der Waals surface area contributed by atoms with Crippen molar-refractivity contribution in [3.63, 3.8) is 0 Å². The summed E-state index contributed by atoms with van der Waals surface area (Å²) in [6, 6.07) is 59.4. The van der Waals surface area contributed by atoms with Crippen LogP contribution in [-0.4, -0.2) is 58.1 Å². The van der Waals surface area contributed by atoms with Crippen molar-refractivity contribution in [2.75, 3.05) is 14.1 Å². The second kappa shape index (κ2) is 80.3. The Morgan fingerprint density at radius 2 is 0.606 bits per heavy atom. The Bertz CT molecular complexity index is 4370. The van der Waals surface area contributed by atoms with E-state index in [9.17, 15) is 24.3 Å². The average molecular weight is 1980 g/mol. The Morgan fingerprint density at radius 1 is 0.310 bits per heavy atom. The minimum absolute atomic E-state index is 0. The molecule has 0 saturated carbocycles. The van der Waals surface area contributed by atoms with Crippen LogP contribution < -0.4 is 0 Å². The second-order valence-corrected chi connectivity index (χ2v) is 40.7. The third kappa shape index (κ3) is 60.1. The molecule has 0 spiro atoms. The number of ether oxygens (including phenoxy) is 3. The largest absolute Gasteiger partial charge is 0.508 e. The van der Waals surface area contributed by atoms with Gasteiger partial charge in [0, 0.05) is 19.5 Å². The number of carbonyl (C=O) groups is 4. The minimum atomic E-state index is -0.419. The molecule has 1 amide bonds. The first-order valence-electron chi connectivity index (χ1n) is 49.1. The van der Waals surface area contributed by atoms with Crippen molar-refractivity contribution in [1.29, 1.82) is 0 Å². The summed E-state index contributed by atoms with van der Waals surface area (Å²) in [6.45, 7) is 75.0. The Morgan fingerprint density at radius 3 is 0.915 bits per heavy atom. The summed E-state index contributed by atoms with van der Waals surface area (Å²) >= 11 is 0. The van der Waals surface area contributed by atoms with Crippen molar-refractivity contribution in [2.24, 2.45) is 27.6 Å². The lowest BCUT2D eigenvalue weighted by atomic mass is 9.82. The molecule has 8 aromatic rings. The van der Waals surface area contributed by atoms with Gasteiger partial charge in [-0.05, 0) is 306 Å². The minimum Gasteiger partial charge on any atom is -0.508 e. The van der Waals surface area contributed by atoms with Crippen LogP contribution in [-0.2, 0) is 50.6 Å². The second-order valence-electron chi connectivity index (χ2n) is 40.7. The van der Waals surface area contributed by atoms with E-state index < -0.39 is 16.2 Å². The zero-order chi connectivity index (χ0) is 99.8. The van der Waals surface area contributed by atoms with Crippen LogP contribution in [0.2, 0.25) is 0 Å². The number of aryl methyl sites for hydroxylation is 8. The highest BCUT2D eigenvalue weighted by atomic mass is 16.6. The van der Waals surface area contributed by atoms with E-state index in [2.05, 4.69) is 217 Å². The maximum atomic E-state index is 12.2. The number of phenolic OH excluding ortho intramolecular Hbond substituents is 3. The fourth-order valence-corrected chi connectivity index (χ4v) is 13.2. The Hall–Kier alpha value is -8.96.